The summed E-state index contributed by atoms with van der Waals surface area (Å²) in [6, 6.07) is 3.92. The number of rotatable bonds is 3. The van der Waals surface area contributed by atoms with Gasteiger partial charge in [0.2, 0.25) is 5.91 Å². The van der Waals surface area contributed by atoms with E-state index in [-0.39, 0.29) is 11.8 Å². The number of fused-ring (bicyclic) bond motifs is 2. The van der Waals surface area contributed by atoms with Crippen LogP contribution in [0.3, 0.4) is 0 Å². The Kier molecular flexibility index (Phi) is 3.77. The fourth-order valence-corrected chi connectivity index (χ4v) is 4.64. The smallest absolute Gasteiger partial charge is 0.227 e. The minimum absolute atomic E-state index is 0.221. The number of nitrogens with one attached hydrogen (secondary N) is 1. The van der Waals surface area contributed by atoms with Gasteiger partial charge in [0.05, 0.1) is 5.69 Å². The molecular weight excluding hydrogens is 274 g/mol. The van der Waals surface area contributed by atoms with Crippen LogP contribution in [0.4, 0.5) is 11.5 Å². The van der Waals surface area contributed by atoms with Crippen LogP contribution in [-0.4, -0.2) is 24.0 Å². The lowest BCUT2D eigenvalue weighted by molar-refractivity contribution is -0.121. The molecule has 118 valence electrons. The van der Waals surface area contributed by atoms with Crippen LogP contribution >= 0.6 is 0 Å². The van der Waals surface area contributed by atoms with E-state index in [0.29, 0.717) is 5.92 Å². The van der Waals surface area contributed by atoms with Crippen molar-refractivity contribution in [3.63, 3.8) is 0 Å². The zero-order valence-electron chi connectivity index (χ0n) is 13.1. The summed E-state index contributed by atoms with van der Waals surface area (Å²) in [5, 5.41) is 3.19. The summed E-state index contributed by atoms with van der Waals surface area (Å²) in [5.74, 6) is 2.83. The Morgan fingerprint density at radius 1 is 1.18 bits per heavy atom. The van der Waals surface area contributed by atoms with E-state index in [1.165, 1.54) is 38.5 Å². The van der Waals surface area contributed by atoms with Crippen molar-refractivity contribution < 1.29 is 4.79 Å². The molecule has 2 bridgehead atoms. The second-order valence-electron chi connectivity index (χ2n) is 7.19. The van der Waals surface area contributed by atoms with Crippen LogP contribution in [-0.2, 0) is 4.79 Å². The summed E-state index contributed by atoms with van der Waals surface area (Å²) >= 11 is 0. The van der Waals surface area contributed by atoms with E-state index in [4.69, 9.17) is 0 Å². The van der Waals surface area contributed by atoms with E-state index in [9.17, 15) is 4.79 Å². The molecule has 3 fully saturated rings. The van der Waals surface area contributed by atoms with E-state index in [2.05, 4.69) is 15.2 Å². The number of carbonyl (C=O) groups excluding carboxylic acids is 1. The minimum atomic E-state index is 0.221. The van der Waals surface area contributed by atoms with Gasteiger partial charge >= 0.3 is 0 Å². The van der Waals surface area contributed by atoms with Crippen LogP contribution < -0.4 is 10.2 Å². The lowest BCUT2D eigenvalue weighted by Gasteiger charge is -2.30. The Morgan fingerprint density at radius 3 is 2.77 bits per heavy atom. The zero-order chi connectivity index (χ0) is 14.9. The van der Waals surface area contributed by atoms with Gasteiger partial charge in [0.25, 0.3) is 0 Å². The van der Waals surface area contributed by atoms with Crippen molar-refractivity contribution >= 4 is 17.4 Å². The van der Waals surface area contributed by atoms with E-state index in [0.717, 1.165) is 36.9 Å². The SMILES string of the molecule is O=C(Nc1cccnc1N1CCCCC1)C1CC2CCC1C2. The predicted octanol–water partition coefficient (Wildman–Crippen LogP) is 3.45. The van der Waals surface area contributed by atoms with Crippen molar-refractivity contribution in [3.05, 3.63) is 18.3 Å². The van der Waals surface area contributed by atoms with Gasteiger partial charge in [-0.15, -0.1) is 0 Å². The number of nitrogens with zero attached hydrogens (tertiary/aromatic N) is 2. The Hall–Kier alpha value is -1.58. The average Bonchev–Trinajstić information content (AvgIpc) is 3.19. The van der Waals surface area contributed by atoms with Crippen molar-refractivity contribution in [2.24, 2.45) is 17.8 Å². The standard InChI is InChI=1S/C18H25N3O/c22-18(15-12-13-6-7-14(15)11-13)20-16-5-4-8-19-17(16)21-9-2-1-3-10-21/h4-5,8,13-15H,1-3,6-7,9-12H2,(H,20,22). The molecule has 3 atom stereocenters. The van der Waals surface area contributed by atoms with Crippen molar-refractivity contribution in [2.75, 3.05) is 23.3 Å². The molecule has 1 aromatic rings. The molecule has 2 saturated carbocycles. The molecule has 22 heavy (non-hydrogen) atoms. The second-order valence-corrected chi connectivity index (χ2v) is 7.19. The maximum absolute atomic E-state index is 12.7. The molecule has 2 heterocycles. The molecule has 2 aliphatic carbocycles. The first kappa shape index (κ1) is 14.0. The number of pyridine rings is 1. The summed E-state index contributed by atoms with van der Waals surface area (Å²) in [6.07, 6.45) is 10.5. The van der Waals surface area contributed by atoms with Gasteiger partial charge in [-0.25, -0.2) is 4.98 Å². The van der Waals surface area contributed by atoms with Crippen LogP contribution in [0.1, 0.15) is 44.9 Å². The van der Waals surface area contributed by atoms with Gasteiger partial charge in [0.15, 0.2) is 5.82 Å². The monoisotopic (exact) mass is 299 g/mol. The molecule has 4 rings (SSSR count). The third-order valence-electron chi connectivity index (χ3n) is 5.78. The Labute approximate surface area is 132 Å². The Morgan fingerprint density at radius 2 is 2.05 bits per heavy atom. The second kappa shape index (κ2) is 5.90. The molecule has 0 aromatic carbocycles. The molecule has 3 aliphatic rings. The van der Waals surface area contributed by atoms with E-state index >= 15 is 0 Å². The van der Waals surface area contributed by atoms with Crippen LogP contribution in [0.25, 0.3) is 0 Å². The van der Waals surface area contributed by atoms with Crippen LogP contribution in [0.15, 0.2) is 18.3 Å². The van der Waals surface area contributed by atoms with Gasteiger partial charge in [-0.05, 0) is 62.5 Å². The minimum Gasteiger partial charge on any atom is -0.355 e. The van der Waals surface area contributed by atoms with Gasteiger partial charge in [0.1, 0.15) is 0 Å². The highest BCUT2D eigenvalue weighted by Gasteiger charge is 2.43. The number of hydrogen-bond donors (Lipinski definition) is 1. The van der Waals surface area contributed by atoms with Crippen molar-refractivity contribution in [1.29, 1.82) is 0 Å². The summed E-state index contributed by atoms with van der Waals surface area (Å²) < 4.78 is 0. The summed E-state index contributed by atoms with van der Waals surface area (Å²) in [4.78, 5) is 19.5. The molecule has 1 aliphatic heterocycles. The average molecular weight is 299 g/mol. The van der Waals surface area contributed by atoms with Crippen LogP contribution in [0.5, 0.6) is 0 Å². The quantitative estimate of drug-likeness (QED) is 0.930. The number of anilines is 2. The largest absolute Gasteiger partial charge is 0.355 e. The maximum Gasteiger partial charge on any atom is 0.227 e. The highest BCUT2D eigenvalue weighted by Crippen LogP contribution is 2.48. The van der Waals surface area contributed by atoms with E-state index in [1.807, 2.05) is 18.3 Å². The van der Waals surface area contributed by atoms with Gasteiger partial charge in [-0.2, -0.15) is 0 Å². The third-order valence-corrected chi connectivity index (χ3v) is 5.78. The molecule has 0 spiro atoms. The molecule has 0 radical (unpaired) electrons. The number of piperidine rings is 1. The summed E-state index contributed by atoms with van der Waals surface area (Å²) in [5.41, 5.74) is 0.900. The number of amides is 1. The molecular formula is C18H25N3O. The third kappa shape index (κ3) is 2.59. The maximum atomic E-state index is 12.7. The lowest BCUT2D eigenvalue weighted by Crippen LogP contribution is -2.32. The van der Waals surface area contributed by atoms with Crippen molar-refractivity contribution in [2.45, 2.75) is 44.9 Å². The number of aromatic nitrogens is 1. The predicted molar refractivity (Wildman–Crippen MR) is 87.9 cm³/mol. The fraction of sp³-hybridized carbons (Fsp3) is 0.667. The van der Waals surface area contributed by atoms with Gasteiger partial charge < -0.3 is 10.2 Å². The molecule has 1 amide bonds. The van der Waals surface area contributed by atoms with E-state index < -0.39 is 0 Å². The highest BCUT2D eigenvalue weighted by atomic mass is 16.1. The first-order valence-corrected chi connectivity index (χ1v) is 8.82. The van der Waals surface area contributed by atoms with Gasteiger partial charge in [-0.1, -0.05) is 6.42 Å². The lowest BCUT2D eigenvalue weighted by atomic mass is 9.88. The molecule has 4 heteroatoms. The van der Waals surface area contributed by atoms with Crippen LogP contribution in [0.2, 0.25) is 0 Å². The van der Waals surface area contributed by atoms with Crippen molar-refractivity contribution in [1.82, 2.24) is 4.98 Å². The zero-order valence-corrected chi connectivity index (χ0v) is 13.1. The Bertz CT molecular complexity index is 553. The molecule has 1 saturated heterocycles. The van der Waals surface area contributed by atoms with Gasteiger partial charge in [0, 0.05) is 25.2 Å². The molecule has 1 N–H and O–H groups in total. The van der Waals surface area contributed by atoms with E-state index in [1.54, 1.807) is 0 Å². The normalized spacial score (nSPS) is 30.5. The van der Waals surface area contributed by atoms with Crippen molar-refractivity contribution in [3.8, 4) is 0 Å². The van der Waals surface area contributed by atoms with Crippen LogP contribution in [0, 0.1) is 17.8 Å². The first-order chi connectivity index (χ1) is 10.8. The number of carbonyl (C=O) groups is 1. The Balaban J connectivity index is 1.49. The number of hydrogen-bond acceptors (Lipinski definition) is 3. The van der Waals surface area contributed by atoms with Gasteiger partial charge in [-0.3, -0.25) is 4.79 Å². The molecule has 1 aromatic heterocycles. The first-order valence-electron chi connectivity index (χ1n) is 8.82. The highest BCUT2D eigenvalue weighted by molar-refractivity contribution is 5.95. The summed E-state index contributed by atoms with van der Waals surface area (Å²) in [7, 11) is 0. The topological polar surface area (TPSA) is 45.2 Å². The summed E-state index contributed by atoms with van der Waals surface area (Å²) in [6.45, 7) is 2.10. The molecule has 3 unspecified atom stereocenters. The molecule has 4 nitrogen and oxygen atoms in total. The fourth-order valence-electron chi connectivity index (χ4n) is 4.64.